The molecule has 0 heterocycles. The van der Waals surface area contributed by atoms with Gasteiger partial charge >= 0.3 is 5.97 Å². The molecule has 98 valence electrons. The van der Waals surface area contributed by atoms with Crippen molar-refractivity contribution in [2.45, 2.75) is 44.9 Å². The third kappa shape index (κ3) is 1.77. The van der Waals surface area contributed by atoms with E-state index in [0.29, 0.717) is 34.6 Å². The van der Waals surface area contributed by atoms with Gasteiger partial charge in [0.05, 0.1) is 5.41 Å². The summed E-state index contributed by atoms with van der Waals surface area (Å²) < 4.78 is 0. The fourth-order valence-corrected chi connectivity index (χ4v) is 2.69. The highest BCUT2D eigenvalue weighted by Gasteiger charge is 2.54. The summed E-state index contributed by atoms with van der Waals surface area (Å²) in [6, 6.07) is 1.73. The number of phenolic OH excluding ortho intramolecular Hbond substituents is 1. The van der Waals surface area contributed by atoms with Gasteiger partial charge in [0.25, 0.3) is 0 Å². The molecular formula is C14H17ClO3. The second-order valence-corrected chi connectivity index (χ2v) is 5.75. The van der Waals surface area contributed by atoms with E-state index >= 15 is 0 Å². The maximum Gasteiger partial charge on any atom is 0.314 e. The van der Waals surface area contributed by atoms with Gasteiger partial charge in [0.1, 0.15) is 5.75 Å². The zero-order valence-electron chi connectivity index (χ0n) is 10.7. The molecule has 2 rings (SSSR count). The lowest BCUT2D eigenvalue weighted by atomic mass is 9.86. The maximum absolute atomic E-state index is 11.4. The molecule has 0 saturated heterocycles. The van der Waals surface area contributed by atoms with E-state index in [0.717, 1.165) is 0 Å². The number of hydrogen-bond acceptors (Lipinski definition) is 2. The Kier molecular flexibility index (Phi) is 3.06. The van der Waals surface area contributed by atoms with Crippen molar-refractivity contribution in [1.82, 2.24) is 0 Å². The van der Waals surface area contributed by atoms with E-state index in [2.05, 4.69) is 0 Å². The summed E-state index contributed by atoms with van der Waals surface area (Å²) in [5.41, 5.74) is 0.973. The average Bonchev–Trinajstić information content (AvgIpc) is 3.04. The van der Waals surface area contributed by atoms with Crippen LogP contribution >= 0.6 is 11.6 Å². The van der Waals surface area contributed by atoms with Crippen molar-refractivity contribution in [3.05, 3.63) is 27.8 Å². The number of hydrogen-bond donors (Lipinski definition) is 2. The summed E-state index contributed by atoms with van der Waals surface area (Å²) in [5.74, 6) is -0.670. The van der Waals surface area contributed by atoms with Gasteiger partial charge < -0.3 is 10.2 Å². The molecule has 3 nitrogen and oxygen atoms in total. The molecule has 1 aliphatic rings. The second-order valence-electron chi connectivity index (χ2n) is 5.34. The fourth-order valence-electron chi connectivity index (χ4n) is 2.48. The first kappa shape index (κ1) is 13.2. The molecule has 18 heavy (non-hydrogen) atoms. The molecule has 1 aromatic rings. The lowest BCUT2D eigenvalue weighted by molar-refractivity contribution is -0.140. The first-order chi connectivity index (χ1) is 8.31. The lowest BCUT2D eigenvalue weighted by Crippen LogP contribution is -2.21. The van der Waals surface area contributed by atoms with Crippen LogP contribution in [-0.2, 0) is 10.2 Å². The number of rotatable bonds is 3. The highest BCUT2D eigenvalue weighted by atomic mass is 35.5. The van der Waals surface area contributed by atoms with Gasteiger partial charge in [-0.2, -0.15) is 0 Å². The number of phenols is 1. The summed E-state index contributed by atoms with van der Waals surface area (Å²) in [4.78, 5) is 11.4. The normalized spacial score (nSPS) is 16.9. The van der Waals surface area contributed by atoms with Crippen molar-refractivity contribution >= 4 is 17.6 Å². The summed E-state index contributed by atoms with van der Waals surface area (Å²) in [6.45, 7) is 5.67. The predicted octanol–water partition coefficient (Wildman–Crippen LogP) is 3.59. The molecule has 0 amide bonds. The molecule has 0 atom stereocenters. The first-order valence-electron chi connectivity index (χ1n) is 6.07. The Morgan fingerprint density at radius 1 is 1.44 bits per heavy atom. The van der Waals surface area contributed by atoms with E-state index in [1.54, 1.807) is 13.0 Å². The smallest absolute Gasteiger partial charge is 0.314 e. The van der Waals surface area contributed by atoms with E-state index in [-0.39, 0.29) is 11.7 Å². The van der Waals surface area contributed by atoms with Crippen LogP contribution in [0.25, 0.3) is 0 Å². The number of aliphatic carboxylic acids is 1. The van der Waals surface area contributed by atoms with Crippen molar-refractivity contribution < 1.29 is 15.0 Å². The molecule has 2 N–H and O–H groups in total. The third-order valence-corrected chi connectivity index (χ3v) is 4.18. The van der Waals surface area contributed by atoms with Crippen LogP contribution in [0, 0.1) is 6.92 Å². The molecule has 0 bridgehead atoms. The van der Waals surface area contributed by atoms with Crippen molar-refractivity contribution in [2.24, 2.45) is 0 Å². The summed E-state index contributed by atoms with van der Waals surface area (Å²) in [5, 5.41) is 20.3. The van der Waals surface area contributed by atoms with E-state index < -0.39 is 11.4 Å². The van der Waals surface area contributed by atoms with Gasteiger partial charge in [-0.1, -0.05) is 25.4 Å². The number of aromatic hydroxyl groups is 1. The van der Waals surface area contributed by atoms with Crippen molar-refractivity contribution in [3.8, 4) is 5.75 Å². The average molecular weight is 269 g/mol. The van der Waals surface area contributed by atoms with Gasteiger partial charge in [-0.25, -0.2) is 0 Å². The van der Waals surface area contributed by atoms with Crippen LogP contribution in [0.3, 0.4) is 0 Å². The molecule has 0 radical (unpaired) electrons. The molecule has 0 aromatic heterocycles. The van der Waals surface area contributed by atoms with Crippen LogP contribution in [0.1, 0.15) is 49.3 Å². The van der Waals surface area contributed by atoms with Gasteiger partial charge in [-0.15, -0.1) is 0 Å². The fraction of sp³-hybridized carbons (Fsp3) is 0.500. The van der Waals surface area contributed by atoms with E-state index in [1.165, 1.54) is 0 Å². The zero-order valence-corrected chi connectivity index (χ0v) is 11.5. The first-order valence-corrected chi connectivity index (χ1v) is 6.45. The van der Waals surface area contributed by atoms with E-state index in [9.17, 15) is 15.0 Å². The Bertz CT molecular complexity index is 516. The van der Waals surface area contributed by atoms with Crippen molar-refractivity contribution in [1.29, 1.82) is 0 Å². The highest BCUT2D eigenvalue weighted by molar-refractivity contribution is 6.31. The Balaban J connectivity index is 2.70. The molecular weight excluding hydrogens is 252 g/mol. The highest BCUT2D eigenvalue weighted by Crippen LogP contribution is 2.54. The van der Waals surface area contributed by atoms with Crippen LogP contribution in [0.5, 0.6) is 5.75 Å². The Hall–Kier alpha value is -1.22. The second kappa shape index (κ2) is 4.16. The molecule has 0 spiro atoms. The monoisotopic (exact) mass is 268 g/mol. The topological polar surface area (TPSA) is 57.5 Å². The van der Waals surface area contributed by atoms with Gasteiger partial charge in [0.2, 0.25) is 0 Å². The predicted molar refractivity (Wildman–Crippen MR) is 70.5 cm³/mol. The minimum Gasteiger partial charge on any atom is -0.507 e. The molecule has 1 saturated carbocycles. The zero-order chi connectivity index (χ0) is 13.7. The van der Waals surface area contributed by atoms with E-state index in [4.69, 9.17) is 11.6 Å². The Labute approximate surface area is 111 Å². The molecule has 4 heteroatoms. The van der Waals surface area contributed by atoms with E-state index in [1.807, 2.05) is 13.8 Å². The van der Waals surface area contributed by atoms with Crippen LogP contribution < -0.4 is 0 Å². The van der Waals surface area contributed by atoms with Crippen LogP contribution in [-0.4, -0.2) is 16.2 Å². The van der Waals surface area contributed by atoms with Crippen LogP contribution in [0.4, 0.5) is 0 Å². The van der Waals surface area contributed by atoms with Crippen molar-refractivity contribution in [3.63, 3.8) is 0 Å². The Morgan fingerprint density at radius 2 is 2.00 bits per heavy atom. The molecule has 1 aliphatic carbocycles. The number of halogens is 1. The quantitative estimate of drug-likeness (QED) is 0.881. The van der Waals surface area contributed by atoms with Crippen LogP contribution in [0.15, 0.2) is 6.07 Å². The molecule has 0 aliphatic heterocycles. The molecule has 0 unspecified atom stereocenters. The molecule has 1 aromatic carbocycles. The third-order valence-electron chi connectivity index (χ3n) is 3.79. The maximum atomic E-state index is 11.4. The van der Waals surface area contributed by atoms with Crippen molar-refractivity contribution in [2.75, 3.05) is 0 Å². The van der Waals surface area contributed by atoms with Gasteiger partial charge in [-0.3, -0.25) is 4.79 Å². The summed E-state index contributed by atoms with van der Waals surface area (Å²) >= 11 is 6.17. The van der Waals surface area contributed by atoms with Gasteiger partial charge in [0.15, 0.2) is 0 Å². The van der Waals surface area contributed by atoms with Gasteiger partial charge in [0, 0.05) is 10.6 Å². The minimum absolute atomic E-state index is 0.103. The lowest BCUT2D eigenvalue weighted by Gasteiger charge is -2.20. The number of benzene rings is 1. The largest absolute Gasteiger partial charge is 0.507 e. The standard InChI is InChI=1S/C14H17ClO3/c1-7(2)9-6-10(15)8(3)11(12(9)16)14(4-5-14)13(17)18/h6-7,16H,4-5H2,1-3H3,(H,17,18). The van der Waals surface area contributed by atoms with Gasteiger partial charge in [-0.05, 0) is 42.9 Å². The van der Waals surface area contributed by atoms with Crippen LogP contribution in [0.2, 0.25) is 5.02 Å². The minimum atomic E-state index is -0.928. The number of carboxylic acid groups (broad SMARTS) is 1. The SMILES string of the molecule is Cc1c(Cl)cc(C(C)C)c(O)c1C1(C(=O)O)CC1. The molecule has 1 fully saturated rings. The number of carboxylic acids is 1. The summed E-state index contributed by atoms with van der Waals surface area (Å²) in [7, 11) is 0. The number of carbonyl (C=O) groups is 1. The summed E-state index contributed by atoms with van der Waals surface area (Å²) in [6.07, 6.45) is 1.13. The Morgan fingerprint density at radius 3 is 2.39 bits per heavy atom.